The average molecular weight is 1580 g/mol. The number of aliphatic imine (C=N–C) groups is 3. The fourth-order valence-corrected chi connectivity index (χ4v) is 18.7. The van der Waals surface area contributed by atoms with Crippen LogP contribution in [0.25, 0.3) is 22.2 Å². The Morgan fingerprint density at radius 2 is 1.35 bits per heavy atom. The van der Waals surface area contributed by atoms with Crippen molar-refractivity contribution in [2.45, 2.75) is 220 Å². The molecule has 37 heteroatoms. The molecule has 597 valence electrons. The molecule has 3 fully saturated rings. The van der Waals surface area contributed by atoms with Crippen LogP contribution >= 0.6 is 7.82 Å². The van der Waals surface area contributed by atoms with Gasteiger partial charge in [0.25, 0.3) is 7.82 Å². The number of aryl methyl sites for hydroxylation is 2. The second kappa shape index (κ2) is 32.2. The normalized spacial score (nSPS) is 33.6. The standard InChI is InChI=1S/C62H90N13O14P.C10H13N5O3.Co/c1-29-20-39-40(21-30(29)2)75(28-70-39)57-52(84)53(41(27-76)87-57)89-90(85,86)88-31(3)26-69-49(83)18-19-59(8)37(22-46(66)80)56-62(11)61(10,25-48(68)82)36(14-17-45(65)79)51(74-62)33(5)55-60(9,24-47(67)81)34(12-15-43(63)77)38(71-55)23-42-58(6,7)35(13-16-44(64)78)50(72-42)32(4)54(59)73-56;1-4-6(16)7(17)10(18-4)15-3-14-5-8(11)12-2-13-9(5)15;/h20-21,23,28,31,34-37,41,52-53,56-57,71,76,84H,12-19,22,24-27H2,1-11H3,(H2,63,77)(H2,64,78)(H2,65,79)(H2,66,80)(H2,67,81)(H2,68,82)(H,69,83)(H,85,86);2-4,6-7,10,16-17H,1H3,(H2,11,12,13);/p-1/b38-23-,50-32-,55-33-;;/t31?,34-,35-,36-,37?,41-,52-,53+,56?,57+,59-,60+,61+,62?;4-,6-,7-,10-;/m11./s1. The Morgan fingerprint density at radius 1 is 0.743 bits per heavy atom. The number of carbonyl (C=O) groups excluding carboxylic acids is 7. The second-order valence-corrected chi connectivity index (χ2v) is 32.7. The van der Waals surface area contributed by atoms with Crippen molar-refractivity contribution in [2.75, 3.05) is 18.9 Å². The minimum Gasteiger partial charge on any atom is -0.756 e. The van der Waals surface area contributed by atoms with Gasteiger partial charge in [-0.1, -0.05) is 34.6 Å². The molecule has 7 aliphatic heterocycles. The molecule has 11 rings (SSSR count). The van der Waals surface area contributed by atoms with E-state index in [-0.39, 0.29) is 99.8 Å². The number of nitrogen functional groups attached to an aromatic ring is 1. The maximum atomic E-state index is 14.4. The third-order valence-corrected chi connectivity index (χ3v) is 24.8. The van der Waals surface area contributed by atoms with Crippen molar-refractivity contribution >= 4 is 94.3 Å². The molecular weight excluding hydrogens is 1480 g/mol. The SMILES string of the molecule is C/C1=C2N=C(/C=C3\N/C(=C(/C)C4=NC(C)(C5N=C1[C@](C)(CCC(=O)NCC(C)OP(=O)([O-])O[C@@H]1[C@@H](O)[C@@H](n6cnc7cc(C)c(C)cc76)O[C@@H]1CO)C5CC(N)=O)[C@@](C)(CC(N)=O)[C@@H]4CCC(N)=O)[C@@](C)(CC(N)=O)[C@@H]3CCC(N)=O)C(C)(C)[C@@H]/2CCC(N)=O.C[C@H]1O[C@@H](n2cnc3c(N)ncnc32)[C@H](O)[C@@H]1O.[Co]. The molecule has 7 amide bonds. The number of anilines is 1. The van der Waals surface area contributed by atoms with Crippen LogP contribution in [0.15, 0.2) is 80.4 Å². The summed E-state index contributed by atoms with van der Waals surface area (Å²) in [7, 11) is -5.32. The summed E-state index contributed by atoms with van der Waals surface area (Å²) < 4.78 is 38.9. The number of nitrogens with one attached hydrogen (secondary N) is 2. The average Bonchev–Trinajstić information content (AvgIpc) is 1.53. The summed E-state index contributed by atoms with van der Waals surface area (Å²) in [6, 6.07) is 2.67. The van der Waals surface area contributed by atoms with E-state index in [1.54, 1.807) is 11.5 Å². The summed E-state index contributed by atoms with van der Waals surface area (Å²) in [5, 5.41) is 47.8. The quantitative estimate of drug-likeness (QED) is 0.0377. The van der Waals surface area contributed by atoms with Crippen molar-refractivity contribution in [2.24, 2.45) is 94.7 Å². The number of hydrogen-bond donors (Lipinski definition) is 13. The van der Waals surface area contributed by atoms with Gasteiger partial charge >= 0.3 is 0 Å². The van der Waals surface area contributed by atoms with Gasteiger partial charge in [0.15, 0.2) is 23.9 Å². The number of carbonyl (C=O) groups is 7. The number of nitrogens with two attached hydrogens (primary N) is 7. The van der Waals surface area contributed by atoms with Gasteiger partial charge in [0.1, 0.15) is 42.4 Å². The molecule has 109 heavy (non-hydrogen) atoms. The van der Waals surface area contributed by atoms with Crippen molar-refractivity contribution in [3.05, 3.63) is 76.6 Å². The van der Waals surface area contributed by atoms with E-state index in [1.807, 2.05) is 87.4 Å². The zero-order valence-corrected chi connectivity index (χ0v) is 65.1. The zero-order chi connectivity index (χ0) is 79.6. The van der Waals surface area contributed by atoms with Crippen LogP contribution in [0.4, 0.5) is 5.82 Å². The number of phosphoric acid groups is 1. The molecule has 5 unspecified atom stereocenters. The molecule has 19 atom stereocenters. The molecule has 3 aromatic heterocycles. The van der Waals surface area contributed by atoms with Crippen LogP contribution in [-0.2, 0) is 73.4 Å². The number of allylic oxidation sites excluding steroid dienone is 6. The van der Waals surface area contributed by atoms with E-state index in [2.05, 4.69) is 30.6 Å². The minimum atomic E-state index is -5.32. The largest absolute Gasteiger partial charge is 0.756 e. The predicted molar refractivity (Wildman–Crippen MR) is 393 cm³/mol. The number of aliphatic hydroxyl groups excluding tert-OH is 4. The van der Waals surface area contributed by atoms with Gasteiger partial charge in [-0.3, -0.25) is 57.7 Å². The van der Waals surface area contributed by atoms with E-state index >= 15 is 0 Å². The van der Waals surface area contributed by atoms with Gasteiger partial charge in [-0.2, -0.15) is 0 Å². The van der Waals surface area contributed by atoms with Gasteiger partial charge in [0, 0.05) is 148 Å². The molecule has 4 aromatic rings. The summed E-state index contributed by atoms with van der Waals surface area (Å²) in [6.45, 7) is 20.8. The number of hydrogen-bond acceptors (Lipinski definition) is 26. The fourth-order valence-electron chi connectivity index (χ4n) is 17.5. The number of aromatic nitrogens is 6. The monoisotopic (exact) mass is 1580 g/mol. The van der Waals surface area contributed by atoms with Crippen molar-refractivity contribution in [1.29, 1.82) is 0 Å². The first kappa shape index (κ1) is 84.8. The predicted octanol–water partition coefficient (Wildman–Crippen LogP) is 1.58. The summed E-state index contributed by atoms with van der Waals surface area (Å²) in [5.74, 6) is -6.98. The Balaban J connectivity index is 0.000000623. The molecular formula is C72H102CoN18O17P-. The van der Waals surface area contributed by atoms with E-state index in [4.69, 9.17) is 73.6 Å². The molecule has 0 aliphatic carbocycles. The summed E-state index contributed by atoms with van der Waals surface area (Å²) in [5.41, 5.74) is 43.8. The molecule has 1 aromatic carbocycles. The minimum absolute atomic E-state index is 0. The van der Waals surface area contributed by atoms with E-state index in [0.29, 0.717) is 67.6 Å². The number of ether oxygens (including phenoxy) is 2. The maximum absolute atomic E-state index is 14.4. The Hall–Kier alpha value is -8.26. The fraction of sp³-hybridized carbons (Fsp3) is 0.611. The molecule has 3 saturated heterocycles. The summed E-state index contributed by atoms with van der Waals surface area (Å²) in [6.07, 6.45) is -4.95. The third-order valence-electron chi connectivity index (χ3n) is 23.7. The Labute approximate surface area is 640 Å². The Bertz CT molecular complexity index is 4520. The van der Waals surface area contributed by atoms with Gasteiger partial charge in [-0.15, -0.1) is 0 Å². The first-order valence-corrected chi connectivity index (χ1v) is 37.5. The van der Waals surface area contributed by atoms with E-state index < -0.39 is 168 Å². The number of phosphoric ester groups is 1. The molecule has 35 nitrogen and oxygen atoms in total. The topological polar surface area (TPSA) is 582 Å². The molecule has 10 heterocycles. The number of rotatable bonds is 27. The van der Waals surface area contributed by atoms with Crippen LogP contribution in [0, 0.1) is 59.2 Å². The number of fused-ring (bicyclic) bond motifs is 8. The van der Waals surface area contributed by atoms with Crippen LogP contribution in [-0.4, -0.2) is 175 Å². The smallest absolute Gasteiger partial charge is 0.268 e. The van der Waals surface area contributed by atoms with Crippen molar-refractivity contribution in [3.63, 3.8) is 0 Å². The number of primary amides is 6. The number of imidazole rings is 2. The van der Waals surface area contributed by atoms with Gasteiger partial charge < -0.3 is 99.2 Å². The molecule has 20 N–H and O–H groups in total. The molecule has 0 saturated carbocycles. The van der Waals surface area contributed by atoms with Gasteiger partial charge in [-0.05, 0) is 115 Å². The number of nitrogens with zero attached hydrogens (tertiary/aromatic N) is 9. The van der Waals surface area contributed by atoms with Crippen LogP contribution in [0.5, 0.6) is 0 Å². The first-order chi connectivity index (χ1) is 50.4. The van der Waals surface area contributed by atoms with Gasteiger partial charge in [-0.25, -0.2) is 19.9 Å². The van der Waals surface area contributed by atoms with Crippen LogP contribution in [0.2, 0.25) is 0 Å². The van der Waals surface area contributed by atoms with Crippen molar-refractivity contribution < 1.29 is 98.7 Å². The molecule has 1 radical (unpaired) electrons. The van der Waals surface area contributed by atoms with E-state index in [0.717, 1.165) is 11.1 Å². The summed E-state index contributed by atoms with van der Waals surface area (Å²) >= 11 is 0. The van der Waals surface area contributed by atoms with Gasteiger partial charge in [0.2, 0.25) is 41.4 Å². The van der Waals surface area contributed by atoms with Crippen molar-refractivity contribution in [1.82, 2.24) is 39.7 Å². The van der Waals surface area contributed by atoms with Gasteiger partial charge in [0.05, 0.1) is 54.1 Å². The maximum Gasteiger partial charge on any atom is 0.268 e. The number of amides is 7. The number of benzene rings is 1. The van der Waals surface area contributed by atoms with Crippen molar-refractivity contribution in [3.8, 4) is 0 Å². The van der Waals surface area contributed by atoms with Crippen LogP contribution < -0.4 is 55.7 Å². The summed E-state index contributed by atoms with van der Waals surface area (Å²) in [4.78, 5) is 140. The number of aliphatic hydroxyl groups is 4. The Morgan fingerprint density at radius 3 is 1.94 bits per heavy atom. The Kier molecular flexibility index (Phi) is 25.0. The third kappa shape index (κ3) is 16.3. The van der Waals surface area contributed by atoms with E-state index in [1.165, 1.54) is 30.5 Å². The van der Waals surface area contributed by atoms with E-state index in [9.17, 15) is 63.4 Å². The molecule has 0 spiro atoms. The first-order valence-electron chi connectivity index (χ1n) is 36.1. The van der Waals surface area contributed by atoms with Crippen LogP contribution in [0.3, 0.4) is 0 Å². The molecule has 7 aliphatic rings. The van der Waals surface area contributed by atoms with Crippen LogP contribution in [0.1, 0.15) is 163 Å². The second-order valence-electron chi connectivity index (χ2n) is 31.4. The zero-order valence-electron chi connectivity index (χ0n) is 63.2. The molecule has 8 bridgehead atoms.